The molecule has 0 bridgehead atoms. The Morgan fingerprint density at radius 3 is 2.13 bits per heavy atom. The highest BCUT2D eigenvalue weighted by atomic mass is 16.5. The minimum atomic E-state index is -2.85. The molecule has 0 spiro atoms. The number of ether oxygens (including phenoxy) is 2. The lowest BCUT2D eigenvalue weighted by atomic mass is 9.78. The maximum absolute atomic E-state index is 13.2. The Bertz CT molecular complexity index is 1210. The Balaban J connectivity index is 1.82. The summed E-state index contributed by atoms with van der Waals surface area (Å²) in [6, 6.07) is 24.1. The van der Waals surface area contributed by atoms with Crippen molar-refractivity contribution in [2.75, 3.05) is 20.7 Å². The molecule has 1 aliphatic heterocycles. The van der Waals surface area contributed by atoms with Gasteiger partial charge in [-0.05, 0) is 27.8 Å². The van der Waals surface area contributed by atoms with Crippen LogP contribution in [0.2, 0.25) is 0 Å². The second-order valence-corrected chi connectivity index (χ2v) is 7.77. The molecule has 0 aromatic heterocycles. The molecule has 1 heterocycles. The third kappa shape index (κ3) is 2.63. The third-order valence-electron chi connectivity index (χ3n) is 6.38. The summed E-state index contributed by atoms with van der Waals surface area (Å²) in [5, 5.41) is 0. The minimum absolute atomic E-state index is 0.182. The van der Waals surface area contributed by atoms with Crippen LogP contribution in [0, 0.1) is 0 Å². The molecular formula is C26H23NO4. The molecule has 5 heteroatoms. The van der Waals surface area contributed by atoms with Gasteiger partial charge < -0.3 is 9.47 Å². The molecule has 31 heavy (non-hydrogen) atoms. The largest absolute Gasteiger partial charge is 0.468 e. The van der Waals surface area contributed by atoms with Gasteiger partial charge in [-0.1, -0.05) is 78.9 Å². The normalized spacial score (nSPS) is 23.4. The number of esters is 1. The smallest absolute Gasteiger partial charge is 0.326 e. The van der Waals surface area contributed by atoms with Crippen LogP contribution in [0.5, 0.6) is 0 Å². The molecule has 5 nitrogen and oxygen atoms in total. The van der Waals surface area contributed by atoms with Crippen LogP contribution in [0.3, 0.4) is 0 Å². The lowest BCUT2D eigenvalue weighted by molar-refractivity contribution is -0.152. The fraction of sp³-hybridized carbons (Fsp3) is 0.231. The first-order chi connectivity index (χ1) is 16.3. The van der Waals surface area contributed by atoms with Crippen molar-refractivity contribution in [2.24, 2.45) is 0 Å². The van der Waals surface area contributed by atoms with E-state index >= 15 is 0 Å². The van der Waals surface area contributed by atoms with Crippen molar-refractivity contribution in [2.45, 2.75) is 17.7 Å². The van der Waals surface area contributed by atoms with E-state index in [4.69, 9.17) is 13.6 Å². The van der Waals surface area contributed by atoms with E-state index in [-0.39, 0.29) is 6.54 Å². The molecule has 1 saturated heterocycles. The second-order valence-electron chi connectivity index (χ2n) is 7.77. The van der Waals surface area contributed by atoms with Gasteiger partial charge in [0.1, 0.15) is 12.1 Å². The summed E-state index contributed by atoms with van der Waals surface area (Å²) >= 11 is 0. The first-order valence-electron chi connectivity index (χ1n) is 11.6. The quantitative estimate of drug-likeness (QED) is 0.610. The Labute approximate surface area is 185 Å². The summed E-state index contributed by atoms with van der Waals surface area (Å²) < 4.78 is 33.0. The van der Waals surface area contributed by atoms with Gasteiger partial charge in [0.15, 0.2) is 5.78 Å². The van der Waals surface area contributed by atoms with Gasteiger partial charge in [0.05, 0.1) is 23.3 Å². The highest BCUT2D eigenvalue weighted by Gasteiger charge is 2.59. The number of carbonyl (C=O) groups is 2. The Hall–Kier alpha value is -3.28. The zero-order chi connectivity index (χ0) is 24.1. The van der Waals surface area contributed by atoms with Crippen LogP contribution in [0.4, 0.5) is 0 Å². The number of benzene rings is 3. The Kier molecular flexibility index (Phi) is 3.94. The maximum Gasteiger partial charge on any atom is 0.326 e. The number of likely N-dealkylation sites (tertiary alicyclic amines) is 1. The minimum Gasteiger partial charge on any atom is -0.468 e. The van der Waals surface area contributed by atoms with Gasteiger partial charge in [0.25, 0.3) is 0 Å². The van der Waals surface area contributed by atoms with Crippen molar-refractivity contribution in [1.29, 1.82) is 0 Å². The molecule has 0 saturated carbocycles. The summed E-state index contributed by atoms with van der Waals surface area (Å²) in [5.41, 5.74) is 3.59. The summed E-state index contributed by atoms with van der Waals surface area (Å²) in [6.45, 7) is -0.182. The van der Waals surface area contributed by atoms with Crippen LogP contribution in [0.15, 0.2) is 78.9 Å². The molecule has 3 aromatic rings. The molecular weight excluding hydrogens is 390 g/mol. The van der Waals surface area contributed by atoms with E-state index in [2.05, 4.69) is 0 Å². The van der Waals surface area contributed by atoms with Crippen molar-refractivity contribution in [1.82, 2.24) is 4.90 Å². The number of hydrogen-bond donors (Lipinski definition) is 0. The number of fused-ring (bicyclic) bond motifs is 3. The van der Waals surface area contributed by atoms with Gasteiger partial charge in [-0.15, -0.1) is 0 Å². The van der Waals surface area contributed by atoms with E-state index in [1.54, 1.807) is 4.90 Å². The zero-order valence-electron chi connectivity index (χ0n) is 19.9. The second kappa shape index (κ2) is 7.45. The number of hydrogen-bond acceptors (Lipinski definition) is 5. The van der Waals surface area contributed by atoms with Gasteiger partial charge >= 0.3 is 5.97 Å². The van der Waals surface area contributed by atoms with Gasteiger partial charge in [0.2, 0.25) is 0 Å². The van der Waals surface area contributed by atoms with Crippen LogP contribution in [0.1, 0.15) is 20.8 Å². The predicted octanol–water partition coefficient (Wildman–Crippen LogP) is 3.40. The fourth-order valence-electron chi connectivity index (χ4n) is 5.20. The average Bonchev–Trinajstić information content (AvgIpc) is 3.31. The van der Waals surface area contributed by atoms with Gasteiger partial charge in [-0.3, -0.25) is 14.5 Å². The first-order valence-corrected chi connectivity index (χ1v) is 10.1. The Morgan fingerprint density at radius 2 is 1.55 bits per heavy atom. The molecule has 1 fully saturated rings. The molecule has 0 unspecified atom stereocenters. The van der Waals surface area contributed by atoms with Crippen LogP contribution >= 0.6 is 0 Å². The molecule has 0 N–H and O–H groups in total. The molecule has 1 aliphatic carbocycles. The number of methoxy groups -OCH3 is 2. The predicted molar refractivity (Wildman–Crippen MR) is 117 cm³/mol. The standard InChI is InChI=1S/C26H23NO4/c1-30-24-22(28)16-27(23(24)25(29)31-2)26(17-10-4-3-5-11-17)20-14-8-6-12-18(20)19-13-7-9-15-21(19)26/h3-15,23-24H,16H2,1-2H3/t23-,24-/m0/s1/i1D3. The van der Waals surface area contributed by atoms with E-state index in [0.29, 0.717) is 0 Å². The molecule has 3 aromatic carbocycles. The molecule has 0 amide bonds. The summed E-state index contributed by atoms with van der Waals surface area (Å²) in [7, 11) is -1.63. The third-order valence-corrected chi connectivity index (χ3v) is 6.38. The first kappa shape index (κ1) is 16.4. The van der Waals surface area contributed by atoms with Gasteiger partial charge in [-0.2, -0.15) is 0 Å². The lowest BCUT2D eigenvalue weighted by Gasteiger charge is -2.43. The van der Waals surface area contributed by atoms with Crippen molar-refractivity contribution >= 4 is 11.8 Å². The van der Waals surface area contributed by atoms with Crippen LogP contribution < -0.4 is 0 Å². The van der Waals surface area contributed by atoms with Gasteiger partial charge in [-0.25, -0.2) is 0 Å². The highest BCUT2D eigenvalue weighted by Crippen LogP contribution is 2.55. The van der Waals surface area contributed by atoms with E-state index in [1.807, 2.05) is 78.9 Å². The van der Waals surface area contributed by atoms with E-state index in [9.17, 15) is 9.59 Å². The number of carbonyl (C=O) groups excluding carboxylic acids is 2. The van der Waals surface area contributed by atoms with E-state index in [1.165, 1.54) is 7.11 Å². The van der Waals surface area contributed by atoms with Crippen LogP contribution in [-0.2, 0) is 24.6 Å². The van der Waals surface area contributed by atoms with Crippen LogP contribution in [0.25, 0.3) is 11.1 Å². The number of nitrogens with zero attached hydrogens (tertiary/aromatic N) is 1. The van der Waals surface area contributed by atoms with E-state index in [0.717, 1.165) is 27.8 Å². The van der Waals surface area contributed by atoms with Crippen molar-refractivity contribution in [3.63, 3.8) is 0 Å². The monoisotopic (exact) mass is 416 g/mol. The van der Waals surface area contributed by atoms with Gasteiger partial charge in [0, 0.05) is 7.04 Å². The lowest BCUT2D eigenvalue weighted by Crippen LogP contribution is -2.54. The summed E-state index contributed by atoms with van der Waals surface area (Å²) in [6.07, 6.45) is -1.49. The van der Waals surface area contributed by atoms with E-state index < -0.39 is 36.5 Å². The summed E-state index contributed by atoms with van der Waals surface area (Å²) in [4.78, 5) is 28.1. The van der Waals surface area contributed by atoms with Crippen LogP contribution in [-0.4, -0.2) is 49.5 Å². The molecule has 156 valence electrons. The molecule has 2 atom stereocenters. The summed E-state index contributed by atoms with van der Waals surface area (Å²) in [5.74, 6) is -1.21. The topological polar surface area (TPSA) is 55.8 Å². The average molecular weight is 416 g/mol. The van der Waals surface area contributed by atoms with Crippen molar-refractivity contribution in [3.05, 3.63) is 95.6 Å². The maximum atomic E-state index is 13.2. The van der Waals surface area contributed by atoms with Crippen molar-refractivity contribution in [3.8, 4) is 11.1 Å². The zero-order valence-corrected chi connectivity index (χ0v) is 16.9. The number of rotatable bonds is 4. The Morgan fingerprint density at radius 1 is 0.968 bits per heavy atom. The molecule has 5 rings (SSSR count). The number of ketones is 1. The van der Waals surface area contributed by atoms with Crippen molar-refractivity contribution < 1.29 is 23.2 Å². The molecule has 2 aliphatic rings. The molecule has 0 radical (unpaired) electrons. The number of Topliss-reactive ketones (excluding diaryl/α,β-unsaturated/α-hetero) is 1. The fourth-order valence-corrected chi connectivity index (χ4v) is 5.20. The SMILES string of the molecule is [2H]C([2H])([2H])O[C@H]1C(=O)CN(C2(c3ccccc3)c3ccccc3-c3ccccc32)[C@@H]1C(=O)OC. The highest BCUT2D eigenvalue weighted by molar-refractivity contribution is 5.97.